The molecule has 1 atom stereocenters. The van der Waals surface area contributed by atoms with Crippen molar-refractivity contribution in [1.29, 1.82) is 0 Å². The molecule has 7 heteroatoms. The molecule has 1 aliphatic heterocycles. The molecule has 7 nitrogen and oxygen atoms in total. The van der Waals surface area contributed by atoms with Crippen molar-refractivity contribution in [3.05, 3.63) is 41.6 Å². The summed E-state index contributed by atoms with van der Waals surface area (Å²) in [5.74, 6) is 0.817. The Balaban J connectivity index is 1.75. The molecule has 0 radical (unpaired) electrons. The fraction of sp³-hybridized carbons (Fsp3) is 0.412. The molecule has 24 heavy (non-hydrogen) atoms. The molecular formula is C17H20N2O5. The summed E-state index contributed by atoms with van der Waals surface area (Å²) in [7, 11) is 0. The normalized spacial score (nSPS) is 14.1. The summed E-state index contributed by atoms with van der Waals surface area (Å²) in [6.45, 7) is 5.60. The molecule has 2 aromatic rings. The maximum absolute atomic E-state index is 10.9. The number of carboxylic acids is 1. The number of rotatable bonds is 7. The molecule has 0 bridgehead atoms. The van der Waals surface area contributed by atoms with Crippen molar-refractivity contribution in [1.82, 2.24) is 9.88 Å². The number of oxazole rings is 1. The van der Waals surface area contributed by atoms with Gasteiger partial charge in [-0.3, -0.25) is 4.90 Å². The lowest BCUT2D eigenvalue weighted by atomic mass is 10.1. The van der Waals surface area contributed by atoms with Gasteiger partial charge in [-0.25, -0.2) is 9.78 Å². The van der Waals surface area contributed by atoms with Gasteiger partial charge in [0, 0.05) is 12.6 Å². The third-order valence-electron chi connectivity index (χ3n) is 4.15. The third-order valence-corrected chi connectivity index (χ3v) is 4.15. The maximum Gasteiger partial charge on any atom is 0.357 e. The molecule has 3 rings (SSSR count). The average molecular weight is 332 g/mol. The first-order valence-electron chi connectivity index (χ1n) is 7.87. The maximum atomic E-state index is 10.9. The minimum atomic E-state index is -1.09. The standard InChI is InChI=1S/C17H20N2O5/c1-3-11(2)19(8-16-18-13(9-22-16)17(20)21)7-12-4-5-14-15(6-12)24-10-23-14/h4-6,9,11H,3,7-8,10H2,1-2H3,(H,20,21). The summed E-state index contributed by atoms with van der Waals surface area (Å²) in [6, 6.07) is 6.16. The van der Waals surface area contributed by atoms with E-state index in [2.05, 4.69) is 23.7 Å². The predicted octanol–water partition coefficient (Wildman–Crippen LogP) is 2.90. The van der Waals surface area contributed by atoms with E-state index in [1.165, 1.54) is 6.26 Å². The van der Waals surface area contributed by atoms with Crippen LogP contribution in [0.2, 0.25) is 0 Å². The fourth-order valence-corrected chi connectivity index (χ4v) is 2.56. The van der Waals surface area contributed by atoms with Gasteiger partial charge in [-0.2, -0.15) is 0 Å². The Morgan fingerprint density at radius 3 is 2.83 bits per heavy atom. The largest absolute Gasteiger partial charge is 0.476 e. The van der Waals surface area contributed by atoms with Crippen LogP contribution in [-0.4, -0.2) is 33.8 Å². The molecule has 0 aliphatic carbocycles. The van der Waals surface area contributed by atoms with Crippen LogP contribution in [0.4, 0.5) is 0 Å². The van der Waals surface area contributed by atoms with Crippen LogP contribution in [0.3, 0.4) is 0 Å². The van der Waals surface area contributed by atoms with Gasteiger partial charge in [0.15, 0.2) is 17.2 Å². The van der Waals surface area contributed by atoms with Gasteiger partial charge in [-0.1, -0.05) is 13.0 Å². The molecule has 2 heterocycles. The molecule has 1 aliphatic rings. The number of fused-ring (bicyclic) bond motifs is 1. The Hall–Kier alpha value is -2.54. The number of nitrogens with zero attached hydrogens (tertiary/aromatic N) is 2. The Morgan fingerprint density at radius 1 is 1.33 bits per heavy atom. The van der Waals surface area contributed by atoms with E-state index >= 15 is 0 Å². The van der Waals surface area contributed by atoms with Crippen molar-refractivity contribution in [3.8, 4) is 11.5 Å². The quantitative estimate of drug-likeness (QED) is 0.834. The van der Waals surface area contributed by atoms with Crippen LogP contribution in [0.25, 0.3) is 0 Å². The van der Waals surface area contributed by atoms with E-state index in [1.807, 2.05) is 18.2 Å². The van der Waals surface area contributed by atoms with E-state index in [0.717, 1.165) is 23.5 Å². The third kappa shape index (κ3) is 3.51. The number of carboxylic acid groups (broad SMARTS) is 1. The first kappa shape index (κ1) is 16.3. The van der Waals surface area contributed by atoms with Crippen LogP contribution in [0.5, 0.6) is 11.5 Å². The highest BCUT2D eigenvalue weighted by atomic mass is 16.7. The van der Waals surface area contributed by atoms with E-state index in [1.54, 1.807) is 0 Å². The Bertz CT molecular complexity index is 728. The van der Waals surface area contributed by atoms with Crippen molar-refractivity contribution in [2.45, 2.75) is 39.4 Å². The van der Waals surface area contributed by atoms with Gasteiger partial charge in [0.2, 0.25) is 12.7 Å². The van der Waals surface area contributed by atoms with E-state index in [4.69, 9.17) is 19.0 Å². The summed E-state index contributed by atoms with van der Waals surface area (Å²) in [5, 5.41) is 8.95. The second kappa shape index (κ2) is 6.92. The van der Waals surface area contributed by atoms with Gasteiger partial charge in [0.05, 0.1) is 6.54 Å². The van der Waals surface area contributed by atoms with Crippen molar-refractivity contribution in [3.63, 3.8) is 0 Å². The topological polar surface area (TPSA) is 85.0 Å². The fourth-order valence-electron chi connectivity index (χ4n) is 2.56. The lowest BCUT2D eigenvalue weighted by Crippen LogP contribution is -2.31. The second-order valence-electron chi connectivity index (χ2n) is 5.78. The molecule has 1 N–H and O–H groups in total. The van der Waals surface area contributed by atoms with E-state index in [9.17, 15) is 4.79 Å². The summed E-state index contributed by atoms with van der Waals surface area (Å²) in [6.07, 6.45) is 2.13. The number of hydrogen-bond donors (Lipinski definition) is 1. The van der Waals surface area contributed by atoms with Crippen molar-refractivity contribution in [2.75, 3.05) is 6.79 Å². The SMILES string of the molecule is CCC(C)N(Cc1ccc2c(c1)OCO2)Cc1nc(C(=O)O)co1. The lowest BCUT2D eigenvalue weighted by Gasteiger charge is -2.27. The molecule has 0 saturated carbocycles. The molecular weight excluding hydrogens is 312 g/mol. The lowest BCUT2D eigenvalue weighted by molar-refractivity contribution is 0.0690. The highest BCUT2D eigenvalue weighted by molar-refractivity contribution is 5.84. The van der Waals surface area contributed by atoms with Crippen molar-refractivity contribution in [2.24, 2.45) is 0 Å². The van der Waals surface area contributed by atoms with Gasteiger partial charge in [-0.15, -0.1) is 0 Å². The monoisotopic (exact) mass is 332 g/mol. The minimum absolute atomic E-state index is 0.0721. The molecule has 1 aromatic carbocycles. The molecule has 0 spiro atoms. The van der Waals surface area contributed by atoms with Gasteiger partial charge >= 0.3 is 5.97 Å². The first-order chi connectivity index (χ1) is 11.6. The molecule has 0 fully saturated rings. The van der Waals surface area contributed by atoms with Gasteiger partial charge in [-0.05, 0) is 31.0 Å². The summed E-state index contributed by atoms with van der Waals surface area (Å²) < 4.78 is 16.0. The highest BCUT2D eigenvalue weighted by Crippen LogP contribution is 2.33. The van der Waals surface area contributed by atoms with Gasteiger partial charge in [0.1, 0.15) is 6.26 Å². The van der Waals surface area contributed by atoms with Crippen molar-refractivity contribution >= 4 is 5.97 Å². The molecule has 128 valence electrons. The van der Waals surface area contributed by atoms with Crippen LogP contribution in [-0.2, 0) is 13.1 Å². The summed E-state index contributed by atoms with van der Waals surface area (Å²) in [4.78, 5) is 17.1. The number of ether oxygens (including phenoxy) is 2. The molecule has 1 aromatic heterocycles. The van der Waals surface area contributed by atoms with E-state index in [0.29, 0.717) is 19.0 Å². The molecule has 0 amide bonds. The zero-order valence-electron chi connectivity index (χ0n) is 13.7. The number of hydrogen-bond acceptors (Lipinski definition) is 6. The zero-order valence-corrected chi connectivity index (χ0v) is 13.7. The number of aromatic nitrogens is 1. The van der Waals surface area contributed by atoms with Crippen LogP contribution in [0.1, 0.15) is 42.2 Å². The number of carbonyl (C=O) groups is 1. The summed E-state index contributed by atoms with van der Waals surface area (Å²) in [5.41, 5.74) is 1.02. The minimum Gasteiger partial charge on any atom is -0.476 e. The number of benzene rings is 1. The van der Waals surface area contributed by atoms with E-state index in [-0.39, 0.29) is 18.5 Å². The predicted molar refractivity (Wildman–Crippen MR) is 85.0 cm³/mol. The van der Waals surface area contributed by atoms with Crippen LogP contribution in [0.15, 0.2) is 28.9 Å². The molecule has 0 saturated heterocycles. The van der Waals surface area contributed by atoms with Crippen LogP contribution >= 0.6 is 0 Å². The Labute approximate surface area is 139 Å². The van der Waals surface area contributed by atoms with Crippen LogP contribution in [0, 0.1) is 0 Å². The second-order valence-corrected chi connectivity index (χ2v) is 5.78. The zero-order chi connectivity index (χ0) is 17.1. The summed E-state index contributed by atoms with van der Waals surface area (Å²) >= 11 is 0. The smallest absolute Gasteiger partial charge is 0.357 e. The van der Waals surface area contributed by atoms with Crippen molar-refractivity contribution < 1.29 is 23.8 Å². The van der Waals surface area contributed by atoms with Gasteiger partial charge in [0.25, 0.3) is 0 Å². The van der Waals surface area contributed by atoms with Gasteiger partial charge < -0.3 is 19.0 Å². The average Bonchev–Trinajstić information content (AvgIpc) is 3.22. The first-order valence-corrected chi connectivity index (χ1v) is 7.87. The Morgan fingerprint density at radius 2 is 2.12 bits per heavy atom. The van der Waals surface area contributed by atoms with E-state index < -0.39 is 5.97 Å². The molecule has 1 unspecified atom stereocenters. The number of aromatic carboxylic acids is 1. The Kier molecular flexibility index (Phi) is 4.71. The highest BCUT2D eigenvalue weighted by Gasteiger charge is 2.20. The van der Waals surface area contributed by atoms with Crippen LogP contribution < -0.4 is 9.47 Å².